The molecule has 1 atom stereocenters. The van der Waals surface area contributed by atoms with Crippen LogP contribution in [0.4, 0.5) is 5.69 Å². The lowest BCUT2D eigenvalue weighted by Crippen LogP contribution is -2.44. The van der Waals surface area contributed by atoms with E-state index < -0.39 is 15.9 Å². The monoisotopic (exact) mass is 440 g/mol. The first-order valence-electron chi connectivity index (χ1n) is 9.04. The Kier molecular flexibility index (Phi) is 6.65. The van der Waals surface area contributed by atoms with Crippen LogP contribution in [0.1, 0.15) is 24.0 Å². The van der Waals surface area contributed by atoms with E-state index in [0.717, 1.165) is 5.56 Å². The van der Waals surface area contributed by atoms with Gasteiger partial charge in [0.2, 0.25) is 15.9 Å². The van der Waals surface area contributed by atoms with E-state index in [1.165, 1.54) is 4.31 Å². The molecule has 1 N–H and O–H groups in total. The normalized spacial score (nSPS) is 18.0. The number of rotatable bonds is 5. The quantitative estimate of drug-likeness (QED) is 0.744. The average Bonchev–Trinajstić information content (AvgIpc) is 2.66. The summed E-state index contributed by atoms with van der Waals surface area (Å²) >= 11 is 12.0. The van der Waals surface area contributed by atoms with Gasteiger partial charge in [-0.25, -0.2) is 12.7 Å². The number of aryl methyl sites for hydroxylation is 1. The standard InChI is InChI=1S/C20H22Cl2N2O3S/c1-14-4-9-18(11-19(14)22)23-20(25)16-3-2-10-24(12-16)28(26,27)13-15-5-7-17(21)8-6-15/h4-9,11,16H,2-3,10,12-13H2,1H3,(H,23,25)/t16-/m1/s1. The molecule has 1 saturated heterocycles. The maximum absolute atomic E-state index is 12.8. The van der Waals surface area contributed by atoms with Crippen molar-refractivity contribution in [2.45, 2.75) is 25.5 Å². The summed E-state index contributed by atoms with van der Waals surface area (Å²) in [6.45, 7) is 2.50. The fourth-order valence-electron chi connectivity index (χ4n) is 3.21. The zero-order valence-electron chi connectivity index (χ0n) is 15.5. The predicted octanol–water partition coefficient (Wildman–Crippen LogP) is 4.48. The van der Waals surface area contributed by atoms with Gasteiger partial charge in [-0.1, -0.05) is 41.4 Å². The van der Waals surface area contributed by atoms with Crippen LogP contribution in [0.5, 0.6) is 0 Å². The summed E-state index contributed by atoms with van der Waals surface area (Å²) in [6, 6.07) is 12.1. The molecule has 1 amide bonds. The number of benzene rings is 2. The fraction of sp³-hybridized carbons (Fsp3) is 0.350. The van der Waals surface area contributed by atoms with Crippen LogP contribution in [-0.2, 0) is 20.6 Å². The zero-order chi connectivity index (χ0) is 20.3. The topological polar surface area (TPSA) is 66.5 Å². The molecular formula is C20H22Cl2N2O3S. The Hall–Kier alpha value is -1.60. The van der Waals surface area contributed by atoms with Crippen LogP contribution in [0.3, 0.4) is 0 Å². The lowest BCUT2D eigenvalue weighted by Gasteiger charge is -2.31. The third-order valence-electron chi connectivity index (χ3n) is 4.85. The molecule has 28 heavy (non-hydrogen) atoms. The van der Waals surface area contributed by atoms with Crippen molar-refractivity contribution in [3.63, 3.8) is 0 Å². The van der Waals surface area contributed by atoms with Crippen LogP contribution in [0.2, 0.25) is 10.0 Å². The first-order valence-corrected chi connectivity index (χ1v) is 11.4. The van der Waals surface area contributed by atoms with Crippen LogP contribution in [0.25, 0.3) is 0 Å². The second kappa shape index (κ2) is 8.82. The molecule has 0 aromatic heterocycles. The number of piperidine rings is 1. The number of amides is 1. The Morgan fingerprint density at radius 2 is 1.89 bits per heavy atom. The Labute approximate surface area is 175 Å². The first kappa shape index (κ1) is 21.1. The number of carbonyl (C=O) groups is 1. The van der Waals surface area contributed by atoms with E-state index in [4.69, 9.17) is 23.2 Å². The van der Waals surface area contributed by atoms with E-state index in [1.54, 1.807) is 36.4 Å². The van der Waals surface area contributed by atoms with Gasteiger partial charge in [0.05, 0.1) is 11.7 Å². The van der Waals surface area contributed by atoms with Gasteiger partial charge in [0, 0.05) is 28.8 Å². The molecule has 5 nitrogen and oxygen atoms in total. The lowest BCUT2D eigenvalue weighted by molar-refractivity contribution is -0.120. The smallest absolute Gasteiger partial charge is 0.228 e. The molecule has 2 aromatic rings. The van der Waals surface area contributed by atoms with Crippen molar-refractivity contribution in [1.29, 1.82) is 0 Å². The number of hydrogen-bond donors (Lipinski definition) is 1. The van der Waals surface area contributed by atoms with E-state index in [-0.39, 0.29) is 18.2 Å². The molecule has 0 radical (unpaired) electrons. The van der Waals surface area contributed by atoms with E-state index in [0.29, 0.717) is 40.7 Å². The van der Waals surface area contributed by atoms with Crippen molar-refractivity contribution in [1.82, 2.24) is 4.31 Å². The van der Waals surface area contributed by atoms with Gasteiger partial charge in [-0.15, -0.1) is 0 Å². The minimum Gasteiger partial charge on any atom is -0.326 e. The number of sulfonamides is 1. The number of anilines is 1. The van der Waals surface area contributed by atoms with Gasteiger partial charge in [-0.05, 0) is 55.2 Å². The molecule has 0 bridgehead atoms. The molecular weight excluding hydrogens is 419 g/mol. The highest BCUT2D eigenvalue weighted by molar-refractivity contribution is 7.88. The van der Waals surface area contributed by atoms with Crippen molar-refractivity contribution in [2.24, 2.45) is 5.92 Å². The summed E-state index contributed by atoms with van der Waals surface area (Å²) in [5.74, 6) is -0.688. The van der Waals surface area contributed by atoms with Gasteiger partial charge in [0.15, 0.2) is 0 Å². The number of hydrogen-bond acceptors (Lipinski definition) is 3. The second-order valence-electron chi connectivity index (χ2n) is 7.03. The molecule has 1 fully saturated rings. The first-order chi connectivity index (χ1) is 13.2. The van der Waals surface area contributed by atoms with Crippen LogP contribution >= 0.6 is 23.2 Å². The Bertz CT molecular complexity index is 962. The summed E-state index contributed by atoms with van der Waals surface area (Å²) in [4.78, 5) is 12.6. The molecule has 1 aliphatic rings. The van der Waals surface area contributed by atoms with Gasteiger partial charge in [0.1, 0.15) is 0 Å². The van der Waals surface area contributed by atoms with Crippen molar-refractivity contribution in [3.8, 4) is 0 Å². The van der Waals surface area contributed by atoms with Crippen molar-refractivity contribution in [2.75, 3.05) is 18.4 Å². The van der Waals surface area contributed by atoms with Crippen LogP contribution in [0.15, 0.2) is 42.5 Å². The molecule has 0 spiro atoms. The predicted molar refractivity (Wildman–Crippen MR) is 113 cm³/mol. The van der Waals surface area contributed by atoms with Gasteiger partial charge >= 0.3 is 0 Å². The van der Waals surface area contributed by atoms with Crippen molar-refractivity contribution in [3.05, 3.63) is 63.6 Å². The van der Waals surface area contributed by atoms with Crippen LogP contribution in [-0.4, -0.2) is 31.7 Å². The summed E-state index contributed by atoms with van der Waals surface area (Å²) in [7, 11) is -3.51. The minimum absolute atomic E-state index is 0.105. The van der Waals surface area contributed by atoms with Gasteiger partial charge in [0.25, 0.3) is 0 Å². The third-order valence-corrected chi connectivity index (χ3v) is 7.33. The summed E-state index contributed by atoms with van der Waals surface area (Å²) in [5, 5.41) is 3.99. The van der Waals surface area contributed by atoms with Gasteiger partial charge in [-0.3, -0.25) is 4.79 Å². The molecule has 8 heteroatoms. The highest BCUT2D eigenvalue weighted by atomic mass is 35.5. The highest BCUT2D eigenvalue weighted by Gasteiger charge is 2.32. The summed E-state index contributed by atoms with van der Waals surface area (Å²) in [6.07, 6.45) is 1.30. The molecule has 1 aliphatic heterocycles. The number of halogens is 2. The fourth-order valence-corrected chi connectivity index (χ4v) is 5.12. The largest absolute Gasteiger partial charge is 0.326 e. The highest BCUT2D eigenvalue weighted by Crippen LogP contribution is 2.25. The number of nitrogens with zero attached hydrogens (tertiary/aromatic N) is 1. The average molecular weight is 441 g/mol. The van der Waals surface area contributed by atoms with Gasteiger partial charge < -0.3 is 5.32 Å². The number of nitrogens with one attached hydrogen (secondary N) is 1. The number of carbonyl (C=O) groups excluding carboxylic acids is 1. The maximum Gasteiger partial charge on any atom is 0.228 e. The van der Waals surface area contributed by atoms with E-state index in [1.807, 2.05) is 13.0 Å². The zero-order valence-corrected chi connectivity index (χ0v) is 17.8. The second-order valence-corrected chi connectivity index (χ2v) is 9.85. The minimum atomic E-state index is -3.51. The Morgan fingerprint density at radius 1 is 1.18 bits per heavy atom. The molecule has 0 saturated carbocycles. The van der Waals surface area contributed by atoms with E-state index in [9.17, 15) is 13.2 Å². The molecule has 0 aliphatic carbocycles. The van der Waals surface area contributed by atoms with Gasteiger partial charge in [-0.2, -0.15) is 0 Å². The third kappa shape index (κ3) is 5.26. The van der Waals surface area contributed by atoms with Crippen molar-refractivity contribution < 1.29 is 13.2 Å². The molecule has 1 heterocycles. The maximum atomic E-state index is 12.8. The summed E-state index contributed by atoms with van der Waals surface area (Å²) in [5.41, 5.74) is 2.21. The Morgan fingerprint density at radius 3 is 2.57 bits per heavy atom. The molecule has 150 valence electrons. The van der Waals surface area contributed by atoms with Crippen LogP contribution in [0, 0.1) is 12.8 Å². The van der Waals surface area contributed by atoms with E-state index >= 15 is 0 Å². The molecule has 2 aromatic carbocycles. The lowest BCUT2D eigenvalue weighted by atomic mass is 9.98. The SMILES string of the molecule is Cc1ccc(NC(=O)[C@@H]2CCCN(S(=O)(=O)Cc3ccc(Cl)cc3)C2)cc1Cl. The van der Waals surface area contributed by atoms with Crippen LogP contribution < -0.4 is 5.32 Å². The molecule has 3 rings (SSSR count). The van der Waals surface area contributed by atoms with Crippen molar-refractivity contribution >= 4 is 44.8 Å². The summed E-state index contributed by atoms with van der Waals surface area (Å²) < 4.78 is 27.0. The Balaban J connectivity index is 1.66. The van der Waals surface area contributed by atoms with E-state index in [2.05, 4.69) is 5.32 Å². The molecule has 0 unspecified atom stereocenters.